The fourth-order valence-corrected chi connectivity index (χ4v) is 1.59. The molecule has 1 aromatic heterocycles. The van der Waals surface area contributed by atoms with Crippen LogP contribution in [-0.2, 0) is 4.79 Å². The normalized spacial score (nSPS) is 11.6. The Hall–Kier alpha value is -2.16. The molecule has 1 atom stereocenters. The number of carbonyl (C=O) groups is 1. The molecule has 0 aliphatic rings. The first-order valence-corrected chi connectivity index (χ1v) is 5.29. The van der Waals surface area contributed by atoms with Crippen LogP contribution in [-0.4, -0.2) is 33.6 Å². The highest BCUT2D eigenvalue weighted by Gasteiger charge is 2.17. The van der Waals surface area contributed by atoms with Crippen LogP contribution >= 0.6 is 0 Å². The third-order valence-electron chi connectivity index (χ3n) is 2.39. The lowest BCUT2D eigenvalue weighted by Crippen LogP contribution is -2.35. The van der Waals surface area contributed by atoms with E-state index in [2.05, 4.69) is 9.97 Å². The predicted molar refractivity (Wildman–Crippen MR) is 61.5 cm³/mol. The van der Waals surface area contributed by atoms with Crippen LogP contribution in [0.2, 0.25) is 0 Å². The van der Waals surface area contributed by atoms with Crippen LogP contribution in [0.3, 0.4) is 0 Å². The lowest BCUT2D eigenvalue weighted by Gasteiger charge is -2.27. The zero-order valence-corrected chi connectivity index (χ0v) is 9.79. The van der Waals surface area contributed by atoms with Gasteiger partial charge in [-0.25, -0.2) is 9.97 Å². The molecule has 17 heavy (non-hydrogen) atoms. The summed E-state index contributed by atoms with van der Waals surface area (Å²) in [4.78, 5) is 20.5. The molecule has 6 nitrogen and oxygen atoms in total. The smallest absolute Gasteiger partial charge is 0.305 e. The van der Waals surface area contributed by atoms with Crippen molar-refractivity contribution in [3.05, 3.63) is 18.1 Å². The Morgan fingerprint density at radius 3 is 2.71 bits per heavy atom. The van der Waals surface area contributed by atoms with E-state index >= 15 is 0 Å². The van der Waals surface area contributed by atoms with E-state index in [1.807, 2.05) is 24.8 Å². The Labute approximate surface area is 99.5 Å². The molecule has 0 spiro atoms. The lowest BCUT2D eigenvalue weighted by atomic mass is 10.2. The molecule has 1 rings (SSSR count). The maximum atomic E-state index is 10.7. The first-order chi connectivity index (χ1) is 8.08. The van der Waals surface area contributed by atoms with Gasteiger partial charge in [-0.3, -0.25) is 4.79 Å². The molecule has 0 fully saturated rings. The molecule has 1 aromatic rings. The Balaban J connectivity index is 2.85. The average Bonchev–Trinajstić information content (AvgIpc) is 2.30. The van der Waals surface area contributed by atoms with E-state index in [-0.39, 0.29) is 18.2 Å². The van der Waals surface area contributed by atoms with E-state index in [0.29, 0.717) is 12.4 Å². The number of anilines is 1. The van der Waals surface area contributed by atoms with E-state index in [0.717, 1.165) is 0 Å². The number of nitriles is 1. The van der Waals surface area contributed by atoms with Crippen molar-refractivity contribution >= 4 is 11.8 Å². The fraction of sp³-hybridized carbons (Fsp3) is 0.455. The molecule has 0 bridgehead atoms. The number of nitrogens with zero attached hydrogens (tertiary/aromatic N) is 4. The second kappa shape index (κ2) is 5.80. The molecule has 1 heterocycles. The van der Waals surface area contributed by atoms with Gasteiger partial charge in [-0.1, -0.05) is 0 Å². The minimum absolute atomic E-state index is 0.0372. The van der Waals surface area contributed by atoms with Crippen molar-refractivity contribution in [2.75, 3.05) is 11.4 Å². The molecule has 1 N–H and O–H groups in total. The van der Waals surface area contributed by atoms with E-state index in [1.165, 1.54) is 12.4 Å². The van der Waals surface area contributed by atoms with Crippen molar-refractivity contribution in [1.82, 2.24) is 9.97 Å². The predicted octanol–water partition coefficient (Wildman–Crippen LogP) is 1.04. The number of hydrogen-bond acceptors (Lipinski definition) is 5. The highest BCUT2D eigenvalue weighted by molar-refractivity contribution is 5.68. The van der Waals surface area contributed by atoms with Crippen molar-refractivity contribution < 1.29 is 9.90 Å². The maximum absolute atomic E-state index is 10.7. The first-order valence-electron chi connectivity index (χ1n) is 5.29. The summed E-state index contributed by atoms with van der Waals surface area (Å²) in [5.74, 6) is -0.266. The topological polar surface area (TPSA) is 90.1 Å². The molecular weight excluding hydrogens is 220 g/mol. The van der Waals surface area contributed by atoms with Gasteiger partial charge in [0.2, 0.25) is 0 Å². The Bertz CT molecular complexity index is 424. The van der Waals surface area contributed by atoms with Crippen molar-refractivity contribution in [2.24, 2.45) is 0 Å². The molecule has 0 radical (unpaired) electrons. The molecular formula is C11H14N4O2. The van der Waals surface area contributed by atoms with Crippen LogP contribution in [0, 0.1) is 11.3 Å². The quantitative estimate of drug-likeness (QED) is 0.818. The highest BCUT2D eigenvalue weighted by atomic mass is 16.4. The first kappa shape index (κ1) is 12.9. The van der Waals surface area contributed by atoms with Gasteiger partial charge in [-0.2, -0.15) is 5.26 Å². The zero-order chi connectivity index (χ0) is 12.8. The third kappa shape index (κ3) is 3.41. The Morgan fingerprint density at radius 1 is 1.59 bits per heavy atom. The van der Waals surface area contributed by atoms with Gasteiger partial charge in [-0.05, 0) is 13.8 Å². The van der Waals surface area contributed by atoms with Gasteiger partial charge in [0.05, 0.1) is 18.8 Å². The minimum atomic E-state index is -0.849. The Morgan fingerprint density at radius 2 is 2.29 bits per heavy atom. The van der Waals surface area contributed by atoms with Crippen LogP contribution in [0.1, 0.15) is 26.0 Å². The van der Waals surface area contributed by atoms with E-state index in [9.17, 15) is 4.79 Å². The third-order valence-corrected chi connectivity index (χ3v) is 2.39. The van der Waals surface area contributed by atoms with Crippen molar-refractivity contribution in [2.45, 2.75) is 26.3 Å². The maximum Gasteiger partial charge on any atom is 0.305 e. The number of aliphatic carboxylic acids is 1. The van der Waals surface area contributed by atoms with Crippen LogP contribution < -0.4 is 4.90 Å². The summed E-state index contributed by atoms with van der Waals surface area (Å²) < 4.78 is 0. The van der Waals surface area contributed by atoms with Gasteiger partial charge in [0.25, 0.3) is 0 Å². The number of rotatable bonds is 5. The van der Waals surface area contributed by atoms with Crippen LogP contribution in [0.25, 0.3) is 0 Å². The molecule has 90 valence electrons. The fourth-order valence-electron chi connectivity index (χ4n) is 1.59. The Kier molecular flexibility index (Phi) is 4.40. The molecule has 6 heteroatoms. The van der Waals surface area contributed by atoms with Gasteiger partial charge in [0, 0.05) is 12.6 Å². The number of hydrogen-bond donors (Lipinski definition) is 1. The van der Waals surface area contributed by atoms with Crippen LogP contribution in [0.5, 0.6) is 0 Å². The monoisotopic (exact) mass is 234 g/mol. The summed E-state index contributed by atoms with van der Waals surface area (Å²) in [7, 11) is 0. The van der Waals surface area contributed by atoms with Gasteiger partial charge < -0.3 is 10.0 Å². The van der Waals surface area contributed by atoms with Crippen molar-refractivity contribution in [1.29, 1.82) is 5.26 Å². The zero-order valence-electron chi connectivity index (χ0n) is 9.79. The van der Waals surface area contributed by atoms with Gasteiger partial charge >= 0.3 is 5.97 Å². The minimum Gasteiger partial charge on any atom is -0.481 e. The molecule has 0 saturated heterocycles. The highest BCUT2D eigenvalue weighted by Crippen LogP contribution is 2.14. The average molecular weight is 234 g/mol. The summed E-state index contributed by atoms with van der Waals surface area (Å²) in [6, 6.07) is 1.72. The molecule has 0 aliphatic carbocycles. The van der Waals surface area contributed by atoms with E-state index in [1.54, 1.807) is 0 Å². The molecule has 0 amide bonds. The van der Waals surface area contributed by atoms with Gasteiger partial charge in [-0.15, -0.1) is 0 Å². The standard InChI is InChI=1S/C11H14N4O2/c1-3-15(8(2)4-11(16)17)10-7-13-9(5-12)6-14-10/h6-8H,3-4H2,1-2H3,(H,16,17). The molecule has 0 saturated carbocycles. The van der Waals surface area contributed by atoms with Crippen LogP contribution in [0.4, 0.5) is 5.82 Å². The number of aromatic nitrogens is 2. The molecule has 0 aliphatic heterocycles. The number of carboxylic acid groups (broad SMARTS) is 1. The lowest BCUT2D eigenvalue weighted by molar-refractivity contribution is -0.137. The SMILES string of the molecule is CCN(c1cnc(C#N)cn1)C(C)CC(=O)O. The summed E-state index contributed by atoms with van der Waals surface area (Å²) in [6.07, 6.45) is 2.90. The second-order valence-electron chi connectivity index (χ2n) is 3.60. The van der Waals surface area contributed by atoms with Gasteiger partial charge in [0.1, 0.15) is 11.9 Å². The van der Waals surface area contributed by atoms with E-state index in [4.69, 9.17) is 10.4 Å². The number of carboxylic acids is 1. The summed E-state index contributed by atoms with van der Waals surface area (Å²) in [5.41, 5.74) is 0.246. The van der Waals surface area contributed by atoms with E-state index < -0.39 is 5.97 Å². The molecule has 1 unspecified atom stereocenters. The molecule has 0 aromatic carbocycles. The van der Waals surface area contributed by atoms with Crippen LogP contribution in [0.15, 0.2) is 12.4 Å². The summed E-state index contributed by atoms with van der Waals surface area (Å²) in [6.45, 7) is 4.37. The summed E-state index contributed by atoms with van der Waals surface area (Å²) >= 11 is 0. The summed E-state index contributed by atoms with van der Waals surface area (Å²) in [5, 5.41) is 17.4. The van der Waals surface area contributed by atoms with Crippen molar-refractivity contribution in [3.8, 4) is 6.07 Å². The largest absolute Gasteiger partial charge is 0.481 e. The van der Waals surface area contributed by atoms with Crippen molar-refractivity contribution in [3.63, 3.8) is 0 Å². The van der Waals surface area contributed by atoms with Gasteiger partial charge in [0.15, 0.2) is 5.69 Å². The second-order valence-corrected chi connectivity index (χ2v) is 3.60.